The summed E-state index contributed by atoms with van der Waals surface area (Å²) in [5.41, 5.74) is 0.727. The summed E-state index contributed by atoms with van der Waals surface area (Å²) in [5, 5.41) is 1.87. The molecule has 0 aliphatic carbocycles. The Labute approximate surface area is 166 Å². The van der Waals surface area contributed by atoms with Crippen LogP contribution in [0.5, 0.6) is 0 Å². The first-order chi connectivity index (χ1) is 12.4. The van der Waals surface area contributed by atoms with Crippen molar-refractivity contribution < 1.29 is 13.9 Å². The highest BCUT2D eigenvalue weighted by molar-refractivity contribution is 7.21. The van der Waals surface area contributed by atoms with Gasteiger partial charge in [-0.1, -0.05) is 46.9 Å². The van der Waals surface area contributed by atoms with E-state index in [1.165, 1.54) is 41.7 Å². The van der Waals surface area contributed by atoms with Gasteiger partial charge in [-0.3, -0.25) is 0 Å². The zero-order chi connectivity index (χ0) is 18.4. The average molecular weight is 427 g/mol. The Morgan fingerprint density at radius 3 is 2.58 bits per heavy atom. The number of hydrogen-bond donors (Lipinski definition) is 0. The number of nitrogens with zero attached hydrogens (tertiary/aromatic N) is 1. The van der Waals surface area contributed by atoms with Crippen molar-refractivity contribution in [1.82, 2.24) is 0 Å². The third kappa shape index (κ3) is 3.12. The van der Waals surface area contributed by atoms with Crippen molar-refractivity contribution in [3.63, 3.8) is 0 Å². The lowest BCUT2D eigenvalue weighted by molar-refractivity contribution is -0.129. The number of esters is 1. The highest BCUT2D eigenvalue weighted by Gasteiger charge is 2.28. The number of thiophene rings is 1. The molecule has 0 spiro atoms. The Bertz CT molecular complexity index is 1120. The first-order valence-corrected chi connectivity index (χ1v) is 9.23. The Balaban J connectivity index is 1.78. The Hall–Kier alpha value is -1.92. The van der Waals surface area contributed by atoms with Gasteiger partial charge in [0.2, 0.25) is 5.90 Å². The number of benzene rings is 2. The monoisotopic (exact) mass is 425 g/mol. The van der Waals surface area contributed by atoms with E-state index in [2.05, 4.69) is 4.99 Å². The van der Waals surface area contributed by atoms with Crippen molar-refractivity contribution >= 4 is 74.2 Å². The molecule has 2 aromatic carbocycles. The van der Waals surface area contributed by atoms with Crippen LogP contribution in [0.3, 0.4) is 0 Å². The van der Waals surface area contributed by atoms with Gasteiger partial charge in [0.1, 0.15) is 10.7 Å². The van der Waals surface area contributed by atoms with Gasteiger partial charge >= 0.3 is 5.97 Å². The van der Waals surface area contributed by atoms with Gasteiger partial charge < -0.3 is 4.74 Å². The average Bonchev–Trinajstić information content (AvgIpc) is 3.10. The quantitative estimate of drug-likeness (QED) is 0.354. The molecular formula is C18H7Cl3FNO2S. The van der Waals surface area contributed by atoms with Gasteiger partial charge in [0.05, 0.1) is 10.0 Å². The molecule has 4 rings (SSSR count). The fourth-order valence-electron chi connectivity index (χ4n) is 2.47. The van der Waals surface area contributed by atoms with Crippen LogP contribution in [-0.4, -0.2) is 11.9 Å². The zero-order valence-corrected chi connectivity index (χ0v) is 15.8. The van der Waals surface area contributed by atoms with Crippen LogP contribution in [0.4, 0.5) is 4.39 Å². The third-order valence-electron chi connectivity index (χ3n) is 3.64. The van der Waals surface area contributed by atoms with E-state index < -0.39 is 5.97 Å². The fraction of sp³-hybridized carbons (Fsp3) is 0. The molecular weight excluding hydrogens is 420 g/mol. The molecule has 0 atom stereocenters. The summed E-state index contributed by atoms with van der Waals surface area (Å²) < 4.78 is 19.0. The summed E-state index contributed by atoms with van der Waals surface area (Å²) in [6.45, 7) is 0. The lowest BCUT2D eigenvalue weighted by Gasteiger charge is -1.97. The summed E-state index contributed by atoms with van der Waals surface area (Å²) in [4.78, 5) is 16.8. The molecule has 1 aliphatic rings. The van der Waals surface area contributed by atoms with Crippen molar-refractivity contribution in [2.24, 2.45) is 4.99 Å². The van der Waals surface area contributed by atoms with E-state index in [9.17, 15) is 9.18 Å². The van der Waals surface area contributed by atoms with E-state index >= 15 is 0 Å². The molecule has 1 aliphatic heterocycles. The van der Waals surface area contributed by atoms with Crippen molar-refractivity contribution in [3.05, 3.63) is 73.4 Å². The van der Waals surface area contributed by atoms with Crippen LogP contribution in [0.1, 0.15) is 10.4 Å². The van der Waals surface area contributed by atoms with Gasteiger partial charge in [0.25, 0.3) is 0 Å². The molecule has 0 fully saturated rings. The van der Waals surface area contributed by atoms with Crippen LogP contribution in [0.15, 0.2) is 47.1 Å². The lowest BCUT2D eigenvalue weighted by atomic mass is 10.2. The number of carbonyl (C=O) groups is 1. The molecule has 3 aromatic rings. The van der Waals surface area contributed by atoms with Crippen LogP contribution < -0.4 is 0 Å². The summed E-state index contributed by atoms with van der Waals surface area (Å²) in [6.07, 6.45) is 1.51. The van der Waals surface area contributed by atoms with Gasteiger partial charge in [-0.25, -0.2) is 14.2 Å². The van der Waals surface area contributed by atoms with E-state index in [4.69, 9.17) is 39.5 Å². The number of aliphatic imine (C=N–C) groups is 1. The van der Waals surface area contributed by atoms with Crippen molar-refractivity contribution in [3.8, 4) is 0 Å². The van der Waals surface area contributed by atoms with Gasteiger partial charge in [-0.15, -0.1) is 11.3 Å². The second-order valence-electron chi connectivity index (χ2n) is 5.39. The molecule has 0 bridgehead atoms. The summed E-state index contributed by atoms with van der Waals surface area (Å²) in [6, 6.07) is 9.00. The topological polar surface area (TPSA) is 38.7 Å². The van der Waals surface area contributed by atoms with Gasteiger partial charge in [-0.2, -0.15) is 0 Å². The zero-order valence-electron chi connectivity index (χ0n) is 12.7. The lowest BCUT2D eigenvalue weighted by Crippen LogP contribution is -2.04. The van der Waals surface area contributed by atoms with E-state index in [-0.39, 0.29) is 17.4 Å². The van der Waals surface area contributed by atoms with Crippen LogP contribution in [0, 0.1) is 5.82 Å². The van der Waals surface area contributed by atoms with Crippen molar-refractivity contribution in [1.29, 1.82) is 0 Å². The molecule has 8 heteroatoms. The maximum atomic E-state index is 13.0. The van der Waals surface area contributed by atoms with Crippen LogP contribution in [0.2, 0.25) is 15.1 Å². The highest BCUT2D eigenvalue weighted by atomic mass is 35.5. The Morgan fingerprint density at radius 2 is 1.85 bits per heavy atom. The molecule has 0 saturated heterocycles. The van der Waals surface area contributed by atoms with E-state index in [0.717, 1.165) is 4.70 Å². The molecule has 0 radical (unpaired) electrons. The molecule has 2 heterocycles. The summed E-state index contributed by atoms with van der Waals surface area (Å²) >= 11 is 19.9. The Kier molecular flexibility index (Phi) is 4.49. The first kappa shape index (κ1) is 17.5. The number of halogens is 4. The SMILES string of the molecule is O=C1OC(c2sc3cc(Cl)cc(Cl)c3c2Cl)=N/C1=C\c1ccc(F)cc1. The smallest absolute Gasteiger partial charge is 0.363 e. The normalized spacial score (nSPS) is 15.6. The summed E-state index contributed by atoms with van der Waals surface area (Å²) in [5.74, 6) is -0.873. The minimum Gasteiger partial charge on any atom is -0.401 e. The first-order valence-electron chi connectivity index (χ1n) is 7.28. The van der Waals surface area contributed by atoms with Crippen LogP contribution in [0.25, 0.3) is 16.2 Å². The van der Waals surface area contributed by atoms with Gasteiger partial charge in [-0.05, 0) is 35.9 Å². The maximum absolute atomic E-state index is 13.0. The van der Waals surface area contributed by atoms with Gasteiger partial charge in [0, 0.05) is 15.1 Å². The molecule has 0 amide bonds. The predicted molar refractivity (Wildman–Crippen MR) is 104 cm³/mol. The number of cyclic esters (lactones) is 1. The number of hydrogen-bond acceptors (Lipinski definition) is 4. The molecule has 0 N–H and O–H groups in total. The predicted octanol–water partition coefficient (Wildman–Crippen LogP) is 6.35. The van der Waals surface area contributed by atoms with E-state index in [1.54, 1.807) is 12.1 Å². The number of carbonyl (C=O) groups excluding carboxylic acids is 1. The number of fused-ring (bicyclic) bond motifs is 1. The van der Waals surface area contributed by atoms with E-state index in [1.807, 2.05) is 0 Å². The Morgan fingerprint density at radius 1 is 1.12 bits per heavy atom. The second-order valence-corrected chi connectivity index (χ2v) is 7.67. The number of rotatable bonds is 2. The fourth-order valence-corrected chi connectivity index (χ4v) is 4.77. The highest BCUT2D eigenvalue weighted by Crippen LogP contribution is 2.42. The minimum absolute atomic E-state index is 0.0988. The van der Waals surface area contributed by atoms with Gasteiger partial charge in [0.15, 0.2) is 5.70 Å². The van der Waals surface area contributed by atoms with Crippen LogP contribution in [-0.2, 0) is 9.53 Å². The van der Waals surface area contributed by atoms with Crippen LogP contribution >= 0.6 is 46.1 Å². The molecule has 26 heavy (non-hydrogen) atoms. The molecule has 130 valence electrons. The molecule has 0 unspecified atom stereocenters. The number of ether oxygens (including phenoxy) is 1. The third-order valence-corrected chi connectivity index (χ3v) is 5.77. The largest absolute Gasteiger partial charge is 0.401 e. The summed E-state index contributed by atoms with van der Waals surface area (Å²) in [7, 11) is 0. The van der Waals surface area contributed by atoms with E-state index in [0.29, 0.717) is 30.9 Å². The molecule has 1 aromatic heterocycles. The molecule has 0 saturated carbocycles. The second kappa shape index (κ2) is 6.67. The van der Waals surface area contributed by atoms with Crippen molar-refractivity contribution in [2.75, 3.05) is 0 Å². The molecule has 3 nitrogen and oxygen atoms in total. The standard InChI is InChI=1S/C18H7Cl3FNO2S/c19-9-6-11(20)14-13(7-9)26-16(15(14)21)17-23-12(18(24)25-17)5-8-1-3-10(22)4-2-8/h1-7H/b12-5-. The maximum Gasteiger partial charge on any atom is 0.363 e. The minimum atomic E-state index is -0.609. The van der Waals surface area contributed by atoms with Crippen molar-refractivity contribution in [2.45, 2.75) is 0 Å².